The third-order valence-electron chi connectivity index (χ3n) is 3.62. The van der Waals surface area contributed by atoms with E-state index in [4.69, 9.17) is 5.73 Å². The number of rotatable bonds is 7. The Morgan fingerprint density at radius 1 is 1.42 bits per heavy atom. The minimum atomic E-state index is 0.135. The lowest BCUT2D eigenvalue weighted by Gasteiger charge is -2.22. The number of nitrogens with two attached hydrogens (primary N) is 1. The molecule has 0 saturated carbocycles. The summed E-state index contributed by atoms with van der Waals surface area (Å²) in [5.41, 5.74) is 6.46. The minimum Gasteiger partial charge on any atom is -0.330 e. The second-order valence-corrected chi connectivity index (χ2v) is 5.28. The fourth-order valence-electron chi connectivity index (χ4n) is 2.20. The zero-order valence-corrected chi connectivity index (χ0v) is 12.2. The zero-order valence-electron chi connectivity index (χ0n) is 12.2. The van der Waals surface area contributed by atoms with Crippen LogP contribution in [0.25, 0.3) is 0 Å². The fourth-order valence-corrected chi connectivity index (χ4v) is 2.20. The topological polar surface area (TPSA) is 59.2 Å². The van der Waals surface area contributed by atoms with Crippen molar-refractivity contribution in [2.75, 3.05) is 18.5 Å². The Bertz CT molecular complexity index is 378. The first kappa shape index (κ1) is 15.6. The highest BCUT2D eigenvalue weighted by Crippen LogP contribution is 2.21. The summed E-state index contributed by atoms with van der Waals surface area (Å²) in [7, 11) is 1.80. The number of hydrogen-bond donors (Lipinski definition) is 1. The largest absolute Gasteiger partial charge is 0.330 e. The van der Waals surface area contributed by atoms with E-state index in [2.05, 4.69) is 18.8 Å². The molecule has 19 heavy (non-hydrogen) atoms. The van der Waals surface area contributed by atoms with Crippen molar-refractivity contribution in [1.29, 1.82) is 0 Å². The molecule has 2 N–H and O–H groups in total. The lowest BCUT2D eigenvalue weighted by Crippen LogP contribution is -2.27. The van der Waals surface area contributed by atoms with E-state index in [0.717, 1.165) is 18.5 Å². The molecule has 1 atom stereocenters. The van der Waals surface area contributed by atoms with Gasteiger partial charge < -0.3 is 10.6 Å². The average molecular weight is 263 g/mol. The van der Waals surface area contributed by atoms with Crippen LogP contribution in [0.15, 0.2) is 24.5 Å². The molecule has 1 heterocycles. The van der Waals surface area contributed by atoms with Crippen LogP contribution in [-0.4, -0.2) is 24.5 Å². The van der Waals surface area contributed by atoms with E-state index in [1.54, 1.807) is 24.3 Å². The van der Waals surface area contributed by atoms with Crippen LogP contribution in [0.3, 0.4) is 0 Å². The standard InChI is InChI=1S/C15H25N3O/c1-12(2)13(8-9-16)6-7-15(19)18(3)14-5-4-10-17-11-14/h4-5,10-13H,6-9,16H2,1-3H3. The van der Waals surface area contributed by atoms with E-state index in [9.17, 15) is 4.79 Å². The number of carbonyl (C=O) groups is 1. The molecule has 1 amide bonds. The van der Waals surface area contributed by atoms with Gasteiger partial charge in [0.15, 0.2) is 0 Å². The van der Waals surface area contributed by atoms with Gasteiger partial charge in [-0.05, 0) is 43.4 Å². The van der Waals surface area contributed by atoms with Gasteiger partial charge in [-0.1, -0.05) is 13.8 Å². The first-order valence-corrected chi connectivity index (χ1v) is 6.93. The van der Waals surface area contributed by atoms with E-state index in [1.165, 1.54) is 0 Å². The Kier molecular flexibility index (Phi) is 6.50. The van der Waals surface area contributed by atoms with Gasteiger partial charge in [0, 0.05) is 19.7 Å². The summed E-state index contributed by atoms with van der Waals surface area (Å²) in [5.74, 6) is 1.23. The number of hydrogen-bond acceptors (Lipinski definition) is 3. The third-order valence-corrected chi connectivity index (χ3v) is 3.62. The molecule has 0 bridgehead atoms. The second-order valence-electron chi connectivity index (χ2n) is 5.28. The quantitative estimate of drug-likeness (QED) is 0.822. The van der Waals surface area contributed by atoms with E-state index in [0.29, 0.717) is 24.8 Å². The van der Waals surface area contributed by atoms with Crippen molar-refractivity contribution >= 4 is 11.6 Å². The molecular formula is C15H25N3O. The molecule has 0 aliphatic rings. The van der Waals surface area contributed by atoms with Gasteiger partial charge in [0.1, 0.15) is 0 Å². The molecule has 1 unspecified atom stereocenters. The lowest BCUT2D eigenvalue weighted by atomic mass is 9.88. The SMILES string of the molecule is CC(C)C(CCN)CCC(=O)N(C)c1cccnc1. The van der Waals surface area contributed by atoms with Crippen LogP contribution in [0.1, 0.15) is 33.1 Å². The van der Waals surface area contributed by atoms with Gasteiger partial charge >= 0.3 is 0 Å². The van der Waals surface area contributed by atoms with Crippen molar-refractivity contribution in [1.82, 2.24) is 4.98 Å². The van der Waals surface area contributed by atoms with Gasteiger partial charge in [-0.25, -0.2) is 0 Å². The van der Waals surface area contributed by atoms with Crippen LogP contribution >= 0.6 is 0 Å². The highest BCUT2D eigenvalue weighted by atomic mass is 16.2. The molecule has 0 radical (unpaired) electrons. The number of nitrogens with zero attached hydrogens (tertiary/aromatic N) is 2. The molecule has 1 rings (SSSR count). The van der Waals surface area contributed by atoms with Gasteiger partial charge in [-0.3, -0.25) is 9.78 Å². The van der Waals surface area contributed by atoms with Crippen molar-refractivity contribution in [3.8, 4) is 0 Å². The van der Waals surface area contributed by atoms with Gasteiger partial charge in [-0.2, -0.15) is 0 Å². The predicted octanol–water partition coefficient (Wildman–Crippen LogP) is 2.45. The van der Waals surface area contributed by atoms with Gasteiger partial charge in [0.2, 0.25) is 5.91 Å². The molecule has 0 aliphatic heterocycles. The van der Waals surface area contributed by atoms with Crippen LogP contribution in [0.5, 0.6) is 0 Å². The van der Waals surface area contributed by atoms with E-state index in [1.807, 2.05) is 12.1 Å². The highest BCUT2D eigenvalue weighted by molar-refractivity contribution is 5.92. The third kappa shape index (κ3) is 4.99. The Balaban J connectivity index is 2.50. The summed E-state index contributed by atoms with van der Waals surface area (Å²) in [6.07, 6.45) is 5.86. The Labute approximate surface area is 116 Å². The molecule has 1 aromatic heterocycles. The molecule has 0 saturated heterocycles. The van der Waals surface area contributed by atoms with Crippen LogP contribution in [-0.2, 0) is 4.79 Å². The van der Waals surface area contributed by atoms with E-state index < -0.39 is 0 Å². The molecule has 1 aromatic rings. The number of anilines is 1. The van der Waals surface area contributed by atoms with Crippen LogP contribution in [0.4, 0.5) is 5.69 Å². The molecule has 0 fully saturated rings. The van der Waals surface area contributed by atoms with Crippen molar-refractivity contribution in [2.45, 2.75) is 33.1 Å². The molecule has 106 valence electrons. The van der Waals surface area contributed by atoms with Crippen molar-refractivity contribution in [2.24, 2.45) is 17.6 Å². The molecule has 0 aromatic carbocycles. The summed E-state index contributed by atoms with van der Waals surface area (Å²) < 4.78 is 0. The minimum absolute atomic E-state index is 0.135. The van der Waals surface area contributed by atoms with Crippen LogP contribution in [0, 0.1) is 11.8 Å². The van der Waals surface area contributed by atoms with E-state index >= 15 is 0 Å². The maximum absolute atomic E-state index is 12.1. The molecule has 4 heteroatoms. The average Bonchev–Trinajstić information content (AvgIpc) is 2.42. The highest BCUT2D eigenvalue weighted by Gasteiger charge is 2.17. The molecular weight excluding hydrogens is 238 g/mol. The second kappa shape index (κ2) is 7.89. The van der Waals surface area contributed by atoms with Crippen molar-refractivity contribution < 1.29 is 4.79 Å². The predicted molar refractivity (Wildman–Crippen MR) is 78.9 cm³/mol. The normalized spacial score (nSPS) is 12.5. The Morgan fingerprint density at radius 2 is 2.16 bits per heavy atom. The maximum atomic E-state index is 12.1. The molecule has 0 spiro atoms. The summed E-state index contributed by atoms with van der Waals surface area (Å²) in [6.45, 7) is 5.07. The Hall–Kier alpha value is -1.42. The van der Waals surface area contributed by atoms with E-state index in [-0.39, 0.29) is 5.91 Å². The van der Waals surface area contributed by atoms with Crippen molar-refractivity contribution in [3.05, 3.63) is 24.5 Å². The van der Waals surface area contributed by atoms with Gasteiger partial charge in [-0.15, -0.1) is 0 Å². The summed E-state index contributed by atoms with van der Waals surface area (Å²) in [4.78, 5) is 17.8. The van der Waals surface area contributed by atoms with Crippen molar-refractivity contribution in [3.63, 3.8) is 0 Å². The summed E-state index contributed by atoms with van der Waals surface area (Å²) in [5, 5.41) is 0. The lowest BCUT2D eigenvalue weighted by molar-refractivity contribution is -0.118. The number of amides is 1. The maximum Gasteiger partial charge on any atom is 0.226 e. The molecule has 4 nitrogen and oxygen atoms in total. The monoisotopic (exact) mass is 263 g/mol. The summed E-state index contributed by atoms with van der Waals surface area (Å²) in [6, 6.07) is 3.73. The first-order valence-electron chi connectivity index (χ1n) is 6.93. The number of carbonyl (C=O) groups excluding carboxylic acids is 1. The smallest absolute Gasteiger partial charge is 0.226 e. The van der Waals surface area contributed by atoms with Crippen LogP contribution < -0.4 is 10.6 Å². The number of pyridine rings is 1. The van der Waals surface area contributed by atoms with Crippen LogP contribution in [0.2, 0.25) is 0 Å². The molecule has 0 aliphatic carbocycles. The fraction of sp³-hybridized carbons (Fsp3) is 0.600. The van der Waals surface area contributed by atoms with Gasteiger partial charge in [0.05, 0.1) is 11.9 Å². The summed E-state index contributed by atoms with van der Waals surface area (Å²) >= 11 is 0. The number of aromatic nitrogens is 1. The first-order chi connectivity index (χ1) is 9.06. The zero-order chi connectivity index (χ0) is 14.3. The van der Waals surface area contributed by atoms with Gasteiger partial charge in [0.25, 0.3) is 0 Å². The Morgan fingerprint density at radius 3 is 2.68 bits per heavy atom.